The van der Waals surface area contributed by atoms with Crippen LogP contribution in [0.15, 0.2) is 42.5 Å². The fraction of sp³-hybridized carbons (Fsp3) is 0.300. The molecule has 0 aliphatic carbocycles. The normalized spacial score (nSPS) is 10.1. The molecule has 0 aliphatic heterocycles. The Labute approximate surface area is 163 Å². The van der Waals surface area contributed by atoms with Gasteiger partial charge in [-0.1, -0.05) is 0 Å². The molecule has 0 radical (unpaired) electrons. The molecule has 0 unspecified atom stereocenters. The molecule has 0 bridgehead atoms. The zero-order valence-corrected chi connectivity index (χ0v) is 16.1. The molecule has 8 heteroatoms. The molecule has 0 saturated heterocycles. The van der Waals surface area contributed by atoms with E-state index in [4.69, 9.17) is 18.9 Å². The average Bonchev–Trinajstić information content (AvgIpc) is 2.72. The summed E-state index contributed by atoms with van der Waals surface area (Å²) < 4.78 is 20.8. The molecule has 8 nitrogen and oxygen atoms in total. The fourth-order valence-electron chi connectivity index (χ4n) is 2.31. The first-order chi connectivity index (χ1) is 13.6. The SMILES string of the molecule is COCCOc1cc(NC(=O)CNC(=O)c2ccc(OC)cc2)ccc1OC. The molecule has 2 N–H and O–H groups in total. The predicted molar refractivity (Wildman–Crippen MR) is 104 cm³/mol. The fourth-order valence-corrected chi connectivity index (χ4v) is 2.31. The van der Waals surface area contributed by atoms with Crippen molar-refractivity contribution >= 4 is 17.5 Å². The van der Waals surface area contributed by atoms with Crippen molar-refractivity contribution in [2.75, 3.05) is 46.4 Å². The van der Waals surface area contributed by atoms with E-state index in [9.17, 15) is 9.59 Å². The number of nitrogens with one attached hydrogen (secondary N) is 2. The number of benzene rings is 2. The van der Waals surface area contributed by atoms with Crippen molar-refractivity contribution in [3.8, 4) is 17.2 Å². The predicted octanol–water partition coefficient (Wildman–Crippen LogP) is 2.10. The van der Waals surface area contributed by atoms with Crippen LogP contribution in [0.4, 0.5) is 5.69 Å². The Balaban J connectivity index is 1.90. The van der Waals surface area contributed by atoms with Gasteiger partial charge in [0.05, 0.1) is 27.4 Å². The van der Waals surface area contributed by atoms with Crippen LogP contribution >= 0.6 is 0 Å². The molecular formula is C20H24N2O6. The maximum Gasteiger partial charge on any atom is 0.251 e. The van der Waals surface area contributed by atoms with Crippen LogP contribution in [0.1, 0.15) is 10.4 Å². The van der Waals surface area contributed by atoms with Crippen molar-refractivity contribution < 1.29 is 28.5 Å². The van der Waals surface area contributed by atoms with E-state index in [1.54, 1.807) is 56.7 Å². The molecule has 0 spiro atoms. The van der Waals surface area contributed by atoms with Gasteiger partial charge in [-0.15, -0.1) is 0 Å². The second-order valence-electron chi connectivity index (χ2n) is 5.67. The molecule has 0 fully saturated rings. The number of hydrogen-bond acceptors (Lipinski definition) is 6. The summed E-state index contributed by atoms with van der Waals surface area (Å²) >= 11 is 0. The molecule has 0 saturated carbocycles. The van der Waals surface area contributed by atoms with Gasteiger partial charge in [0, 0.05) is 24.4 Å². The van der Waals surface area contributed by atoms with Crippen molar-refractivity contribution in [3.63, 3.8) is 0 Å². The van der Waals surface area contributed by atoms with E-state index < -0.39 is 0 Å². The summed E-state index contributed by atoms with van der Waals surface area (Å²) in [7, 11) is 4.66. The molecular weight excluding hydrogens is 364 g/mol. The Kier molecular flexibility index (Phi) is 8.11. The number of amides is 2. The second-order valence-corrected chi connectivity index (χ2v) is 5.67. The van der Waals surface area contributed by atoms with Gasteiger partial charge in [0.2, 0.25) is 5.91 Å². The Morgan fingerprint density at radius 2 is 1.64 bits per heavy atom. The second kappa shape index (κ2) is 10.8. The Hall–Kier alpha value is -3.26. The summed E-state index contributed by atoms with van der Waals surface area (Å²) in [6.45, 7) is 0.607. The molecule has 0 aromatic heterocycles. The van der Waals surface area contributed by atoms with E-state index in [2.05, 4.69) is 10.6 Å². The number of hydrogen-bond donors (Lipinski definition) is 2. The molecule has 0 atom stereocenters. The van der Waals surface area contributed by atoms with Gasteiger partial charge >= 0.3 is 0 Å². The number of anilines is 1. The molecule has 2 rings (SSSR count). The highest BCUT2D eigenvalue weighted by Gasteiger charge is 2.11. The number of carbonyl (C=O) groups excluding carboxylic acids is 2. The largest absolute Gasteiger partial charge is 0.497 e. The third kappa shape index (κ3) is 6.17. The lowest BCUT2D eigenvalue weighted by Gasteiger charge is -2.13. The molecule has 0 heterocycles. The highest BCUT2D eigenvalue weighted by Crippen LogP contribution is 2.30. The summed E-state index contributed by atoms with van der Waals surface area (Å²) in [6, 6.07) is 11.6. The van der Waals surface area contributed by atoms with Crippen LogP contribution in [0, 0.1) is 0 Å². The zero-order valence-electron chi connectivity index (χ0n) is 16.1. The standard InChI is InChI=1S/C20H24N2O6/c1-25-10-11-28-18-12-15(6-9-17(18)27-3)22-19(23)13-21-20(24)14-4-7-16(26-2)8-5-14/h4-9,12H,10-11,13H2,1-3H3,(H,21,24)(H,22,23). The lowest BCUT2D eigenvalue weighted by molar-refractivity contribution is -0.115. The minimum absolute atomic E-state index is 0.170. The summed E-state index contributed by atoms with van der Waals surface area (Å²) in [5.74, 6) is 0.963. The van der Waals surface area contributed by atoms with Crippen molar-refractivity contribution in [1.82, 2.24) is 5.32 Å². The van der Waals surface area contributed by atoms with E-state index in [-0.39, 0.29) is 18.4 Å². The molecule has 150 valence electrons. The molecule has 2 amide bonds. The van der Waals surface area contributed by atoms with Gasteiger partial charge in [-0.25, -0.2) is 0 Å². The number of ether oxygens (including phenoxy) is 4. The molecule has 0 aliphatic rings. The van der Waals surface area contributed by atoms with Crippen LogP contribution in [-0.2, 0) is 9.53 Å². The Morgan fingerprint density at radius 1 is 0.893 bits per heavy atom. The first-order valence-electron chi connectivity index (χ1n) is 8.59. The number of rotatable bonds is 10. The smallest absolute Gasteiger partial charge is 0.251 e. The maximum atomic E-state index is 12.1. The minimum atomic E-state index is -0.366. The Morgan fingerprint density at radius 3 is 2.29 bits per heavy atom. The van der Waals surface area contributed by atoms with Crippen LogP contribution in [0.5, 0.6) is 17.2 Å². The topological polar surface area (TPSA) is 95.1 Å². The van der Waals surface area contributed by atoms with E-state index in [0.29, 0.717) is 41.7 Å². The van der Waals surface area contributed by atoms with Crippen LogP contribution < -0.4 is 24.8 Å². The third-order valence-electron chi connectivity index (χ3n) is 3.75. The minimum Gasteiger partial charge on any atom is -0.497 e. The van der Waals surface area contributed by atoms with Crippen molar-refractivity contribution in [1.29, 1.82) is 0 Å². The van der Waals surface area contributed by atoms with E-state index in [1.165, 1.54) is 7.11 Å². The van der Waals surface area contributed by atoms with Crippen molar-refractivity contribution in [2.24, 2.45) is 0 Å². The van der Waals surface area contributed by atoms with Crippen LogP contribution in [0.25, 0.3) is 0 Å². The van der Waals surface area contributed by atoms with E-state index in [0.717, 1.165) is 0 Å². The summed E-state index contributed by atoms with van der Waals surface area (Å²) in [4.78, 5) is 24.2. The highest BCUT2D eigenvalue weighted by molar-refractivity contribution is 5.99. The number of carbonyl (C=O) groups is 2. The lowest BCUT2D eigenvalue weighted by atomic mass is 10.2. The summed E-state index contributed by atoms with van der Waals surface area (Å²) in [5.41, 5.74) is 0.962. The van der Waals surface area contributed by atoms with Gasteiger partial charge < -0.3 is 29.6 Å². The van der Waals surface area contributed by atoms with E-state index in [1.807, 2.05) is 0 Å². The zero-order chi connectivity index (χ0) is 20.4. The highest BCUT2D eigenvalue weighted by atomic mass is 16.5. The molecule has 28 heavy (non-hydrogen) atoms. The van der Waals surface area contributed by atoms with Crippen LogP contribution in [-0.4, -0.2) is 52.9 Å². The molecule has 2 aromatic carbocycles. The number of methoxy groups -OCH3 is 3. The van der Waals surface area contributed by atoms with Gasteiger partial charge in [0.1, 0.15) is 12.4 Å². The van der Waals surface area contributed by atoms with Gasteiger partial charge in [-0.2, -0.15) is 0 Å². The lowest BCUT2D eigenvalue weighted by Crippen LogP contribution is -2.32. The summed E-state index contributed by atoms with van der Waals surface area (Å²) in [6.07, 6.45) is 0. The van der Waals surface area contributed by atoms with Gasteiger partial charge in [-0.3, -0.25) is 9.59 Å². The van der Waals surface area contributed by atoms with Crippen molar-refractivity contribution in [3.05, 3.63) is 48.0 Å². The van der Waals surface area contributed by atoms with Gasteiger partial charge in [0.25, 0.3) is 5.91 Å². The van der Waals surface area contributed by atoms with Gasteiger partial charge in [-0.05, 0) is 36.4 Å². The Bertz CT molecular complexity index is 792. The monoisotopic (exact) mass is 388 g/mol. The summed E-state index contributed by atoms with van der Waals surface area (Å²) in [5, 5.41) is 5.28. The maximum absolute atomic E-state index is 12.1. The molecule has 2 aromatic rings. The van der Waals surface area contributed by atoms with Gasteiger partial charge in [0.15, 0.2) is 11.5 Å². The average molecular weight is 388 g/mol. The first-order valence-corrected chi connectivity index (χ1v) is 8.59. The quantitative estimate of drug-likeness (QED) is 0.605. The first kappa shape index (κ1) is 21.0. The van der Waals surface area contributed by atoms with E-state index >= 15 is 0 Å². The van der Waals surface area contributed by atoms with Crippen LogP contribution in [0.2, 0.25) is 0 Å². The van der Waals surface area contributed by atoms with Crippen molar-refractivity contribution in [2.45, 2.75) is 0 Å². The van der Waals surface area contributed by atoms with Crippen LogP contribution in [0.3, 0.4) is 0 Å². The third-order valence-corrected chi connectivity index (χ3v) is 3.75.